The van der Waals surface area contributed by atoms with Crippen molar-refractivity contribution in [3.63, 3.8) is 0 Å². The van der Waals surface area contributed by atoms with E-state index in [0.29, 0.717) is 0 Å². The molecule has 0 amide bonds. The maximum atomic E-state index is 11.1. The van der Waals surface area contributed by atoms with Gasteiger partial charge in [-0.25, -0.2) is 0 Å². The second-order valence-corrected chi connectivity index (χ2v) is 9.35. The summed E-state index contributed by atoms with van der Waals surface area (Å²) in [6.07, 6.45) is 18.2. The molecule has 156 valence electrons. The lowest BCUT2D eigenvalue weighted by Crippen LogP contribution is -2.04. The first-order chi connectivity index (χ1) is 13.0. The van der Waals surface area contributed by atoms with E-state index in [1.165, 1.54) is 95.6 Å². The van der Waals surface area contributed by atoms with Gasteiger partial charge in [0.2, 0.25) is 0 Å². The Morgan fingerprint density at radius 1 is 0.741 bits per heavy atom. The molecule has 0 fully saturated rings. The molecule has 1 rings (SSSR count). The van der Waals surface area contributed by atoms with E-state index < -0.39 is 10.1 Å². The zero-order valence-corrected chi connectivity index (χ0v) is 18.3. The molecular weight excluding hydrogens is 356 g/mol. The maximum Gasteiger partial charge on any atom is 0.294 e. The van der Waals surface area contributed by atoms with Gasteiger partial charge in [-0.05, 0) is 36.5 Å². The van der Waals surface area contributed by atoms with Crippen LogP contribution in [0.1, 0.15) is 103 Å². The molecule has 3 nitrogen and oxygen atoms in total. The van der Waals surface area contributed by atoms with Crippen LogP contribution in [-0.2, 0) is 16.5 Å². The third kappa shape index (κ3) is 11.5. The third-order valence-electron chi connectivity index (χ3n) is 5.49. The van der Waals surface area contributed by atoms with Gasteiger partial charge in [-0.2, -0.15) is 8.42 Å². The van der Waals surface area contributed by atoms with Crippen molar-refractivity contribution in [3.05, 3.63) is 29.8 Å². The van der Waals surface area contributed by atoms with Gasteiger partial charge < -0.3 is 0 Å². The summed E-state index contributed by atoms with van der Waals surface area (Å²) in [6.45, 7) is 4.51. The van der Waals surface area contributed by atoms with Crippen LogP contribution in [0.2, 0.25) is 0 Å². The predicted octanol–water partition coefficient (Wildman–Crippen LogP) is 7.20. The number of unbranched alkanes of at least 4 members (excludes halogenated alkanes) is 8. The minimum Gasteiger partial charge on any atom is -0.282 e. The fraction of sp³-hybridized carbons (Fsp3) is 0.739. The molecule has 1 atom stereocenters. The van der Waals surface area contributed by atoms with Crippen LogP contribution in [0.4, 0.5) is 0 Å². The van der Waals surface area contributed by atoms with Gasteiger partial charge in [-0.1, -0.05) is 103 Å². The molecule has 0 radical (unpaired) electrons. The molecule has 0 bridgehead atoms. The molecule has 1 aromatic rings. The van der Waals surface area contributed by atoms with Crippen LogP contribution < -0.4 is 0 Å². The highest BCUT2D eigenvalue weighted by atomic mass is 32.2. The van der Waals surface area contributed by atoms with E-state index in [4.69, 9.17) is 4.55 Å². The van der Waals surface area contributed by atoms with Crippen LogP contribution in [0.15, 0.2) is 29.2 Å². The average molecular weight is 397 g/mol. The van der Waals surface area contributed by atoms with Crippen molar-refractivity contribution < 1.29 is 13.0 Å². The summed E-state index contributed by atoms with van der Waals surface area (Å²) in [4.78, 5) is -0.0190. The number of hydrogen-bond acceptors (Lipinski definition) is 2. The van der Waals surface area contributed by atoms with E-state index >= 15 is 0 Å². The number of rotatable bonds is 16. The highest BCUT2D eigenvalue weighted by Gasteiger charge is 2.11. The monoisotopic (exact) mass is 396 g/mol. The summed E-state index contributed by atoms with van der Waals surface area (Å²) < 4.78 is 31.4. The molecule has 0 saturated carbocycles. The van der Waals surface area contributed by atoms with Gasteiger partial charge in [0.15, 0.2) is 0 Å². The van der Waals surface area contributed by atoms with E-state index in [1.54, 1.807) is 0 Å². The summed E-state index contributed by atoms with van der Waals surface area (Å²) in [5.74, 6) is 0.772. The summed E-state index contributed by atoms with van der Waals surface area (Å²) in [6, 6.07) is 6.69. The van der Waals surface area contributed by atoms with Crippen molar-refractivity contribution in [3.8, 4) is 0 Å². The second-order valence-electron chi connectivity index (χ2n) is 7.93. The first-order valence-electron chi connectivity index (χ1n) is 11.0. The summed E-state index contributed by atoms with van der Waals surface area (Å²) in [5.41, 5.74) is 1.16. The van der Waals surface area contributed by atoms with E-state index in [-0.39, 0.29) is 4.90 Å². The Morgan fingerprint density at radius 3 is 1.74 bits per heavy atom. The molecule has 0 heterocycles. The van der Waals surface area contributed by atoms with Crippen molar-refractivity contribution in [2.45, 2.75) is 109 Å². The summed E-state index contributed by atoms with van der Waals surface area (Å²) in [7, 11) is -4.09. The minimum absolute atomic E-state index is 0.0190. The lowest BCUT2D eigenvalue weighted by atomic mass is 9.89. The highest BCUT2D eigenvalue weighted by molar-refractivity contribution is 7.85. The Labute approximate surface area is 167 Å². The predicted molar refractivity (Wildman–Crippen MR) is 115 cm³/mol. The molecule has 27 heavy (non-hydrogen) atoms. The Balaban J connectivity index is 2.44. The Morgan fingerprint density at radius 2 is 1.22 bits per heavy atom. The minimum atomic E-state index is -4.09. The number of hydrogen-bond donors (Lipinski definition) is 1. The van der Waals surface area contributed by atoms with Crippen LogP contribution in [0.5, 0.6) is 0 Å². The van der Waals surface area contributed by atoms with Gasteiger partial charge in [0, 0.05) is 0 Å². The SMILES string of the molecule is CCCCCCCCC(CCCCCC)CCc1ccc(S(=O)(=O)O)cc1. The zero-order valence-electron chi connectivity index (χ0n) is 17.5. The fourth-order valence-electron chi connectivity index (χ4n) is 3.71. The van der Waals surface area contributed by atoms with Gasteiger partial charge in [0.05, 0.1) is 4.90 Å². The molecule has 1 aromatic carbocycles. The van der Waals surface area contributed by atoms with E-state index in [9.17, 15) is 8.42 Å². The molecule has 1 unspecified atom stereocenters. The van der Waals surface area contributed by atoms with Crippen molar-refractivity contribution in [2.24, 2.45) is 5.92 Å². The van der Waals surface area contributed by atoms with Gasteiger partial charge in [0.25, 0.3) is 10.1 Å². The molecule has 0 saturated heterocycles. The molecule has 0 aliphatic carbocycles. The standard InChI is InChI=1S/C23H40O3S/c1-3-5-7-9-10-12-14-21(13-11-8-6-4-2)15-16-22-17-19-23(20-18-22)27(24,25)26/h17-21H,3-16H2,1-2H3,(H,24,25,26). The van der Waals surface area contributed by atoms with E-state index in [2.05, 4.69) is 13.8 Å². The van der Waals surface area contributed by atoms with Crippen LogP contribution in [0.3, 0.4) is 0 Å². The molecule has 1 N–H and O–H groups in total. The van der Waals surface area contributed by atoms with Crippen molar-refractivity contribution in [1.82, 2.24) is 0 Å². The van der Waals surface area contributed by atoms with Gasteiger partial charge in [0.1, 0.15) is 0 Å². The number of benzene rings is 1. The summed E-state index contributed by atoms with van der Waals surface area (Å²) in [5, 5.41) is 0. The quantitative estimate of drug-likeness (QED) is 0.237. The maximum absolute atomic E-state index is 11.1. The topological polar surface area (TPSA) is 54.4 Å². The lowest BCUT2D eigenvalue weighted by molar-refractivity contribution is 0.381. The van der Waals surface area contributed by atoms with Crippen molar-refractivity contribution >= 4 is 10.1 Å². The normalized spacial score (nSPS) is 13.0. The summed E-state index contributed by atoms with van der Waals surface area (Å²) >= 11 is 0. The molecule has 0 aliphatic heterocycles. The Hall–Kier alpha value is -0.870. The largest absolute Gasteiger partial charge is 0.294 e. The average Bonchev–Trinajstić information content (AvgIpc) is 2.65. The first kappa shape index (κ1) is 24.2. The molecule has 0 aromatic heterocycles. The third-order valence-corrected chi connectivity index (χ3v) is 6.36. The molecule has 4 heteroatoms. The second kappa shape index (κ2) is 14.2. The number of aryl methyl sites for hydroxylation is 1. The zero-order chi connectivity index (χ0) is 20.0. The molecule has 0 spiro atoms. The lowest BCUT2D eigenvalue weighted by Gasteiger charge is -2.17. The van der Waals surface area contributed by atoms with E-state index in [1.807, 2.05) is 12.1 Å². The van der Waals surface area contributed by atoms with Crippen LogP contribution in [-0.4, -0.2) is 13.0 Å². The first-order valence-corrected chi connectivity index (χ1v) is 12.5. The highest BCUT2D eigenvalue weighted by Crippen LogP contribution is 2.24. The fourth-order valence-corrected chi connectivity index (χ4v) is 4.19. The van der Waals surface area contributed by atoms with Crippen LogP contribution in [0.25, 0.3) is 0 Å². The van der Waals surface area contributed by atoms with Crippen molar-refractivity contribution in [2.75, 3.05) is 0 Å². The molecular formula is C23H40O3S. The van der Waals surface area contributed by atoms with Gasteiger partial charge in [-0.15, -0.1) is 0 Å². The van der Waals surface area contributed by atoms with Crippen LogP contribution in [0, 0.1) is 5.92 Å². The van der Waals surface area contributed by atoms with E-state index in [0.717, 1.165) is 17.9 Å². The van der Waals surface area contributed by atoms with Gasteiger partial charge in [-0.3, -0.25) is 4.55 Å². The Kier molecular flexibility index (Phi) is 12.7. The van der Waals surface area contributed by atoms with Gasteiger partial charge >= 0.3 is 0 Å². The smallest absolute Gasteiger partial charge is 0.282 e. The molecule has 0 aliphatic rings. The Bertz CT molecular complexity index is 578. The van der Waals surface area contributed by atoms with Crippen LogP contribution >= 0.6 is 0 Å². The van der Waals surface area contributed by atoms with Crippen molar-refractivity contribution in [1.29, 1.82) is 0 Å².